The summed E-state index contributed by atoms with van der Waals surface area (Å²) in [6.07, 6.45) is 5.53. The summed E-state index contributed by atoms with van der Waals surface area (Å²) >= 11 is 0. The van der Waals surface area contributed by atoms with Gasteiger partial charge in [-0.2, -0.15) is 0 Å². The maximum Gasteiger partial charge on any atom is 0.134 e. The predicted molar refractivity (Wildman–Crippen MR) is 282 cm³/mol. The Bertz CT molecular complexity index is 3260. The van der Waals surface area contributed by atoms with E-state index in [9.17, 15) is 0 Å². The van der Waals surface area contributed by atoms with E-state index < -0.39 is 0 Å². The summed E-state index contributed by atoms with van der Waals surface area (Å²) in [6.45, 7) is 27.8. The second-order valence-electron chi connectivity index (χ2n) is 22.9. The summed E-state index contributed by atoms with van der Waals surface area (Å²) in [6, 6.07) is 51.9. The molecule has 0 amide bonds. The van der Waals surface area contributed by atoms with E-state index in [4.69, 9.17) is 9.97 Å². The molecule has 10 rings (SSSR count). The van der Waals surface area contributed by atoms with Crippen LogP contribution in [0, 0.1) is 0 Å². The molecule has 0 radical (unpaired) electrons. The lowest BCUT2D eigenvalue weighted by Gasteiger charge is -2.23. The zero-order valence-electron chi connectivity index (χ0n) is 41.0. The number of benzene rings is 6. The zero-order chi connectivity index (χ0) is 46.5. The second-order valence-corrected chi connectivity index (χ2v) is 22.9. The monoisotopic (exact) mass is 865 g/mol. The summed E-state index contributed by atoms with van der Waals surface area (Å²) < 4.78 is 5.17. The minimum absolute atomic E-state index is 0.00252. The third-order valence-electron chi connectivity index (χ3n) is 13.9. The van der Waals surface area contributed by atoms with Gasteiger partial charge in [-0.3, -0.25) is 0 Å². The van der Waals surface area contributed by atoms with E-state index in [1.54, 1.807) is 0 Å². The molecule has 0 bridgehead atoms. The highest BCUT2D eigenvalue weighted by molar-refractivity contribution is 6.13. The van der Waals surface area contributed by atoms with Crippen LogP contribution in [0.1, 0.15) is 128 Å². The Labute approximate surface area is 391 Å². The number of fused-ring (bicyclic) bond motifs is 6. The summed E-state index contributed by atoms with van der Waals surface area (Å²) in [5.74, 6) is 0.805. The van der Waals surface area contributed by atoms with Crippen LogP contribution in [0.15, 0.2) is 152 Å². The normalized spacial score (nSPS) is 15.1. The van der Waals surface area contributed by atoms with Crippen molar-refractivity contribution in [1.82, 2.24) is 19.1 Å². The van der Waals surface area contributed by atoms with Gasteiger partial charge in [-0.25, -0.2) is 9.97 Å². The first-order valence-corrected chi connectivity index (χ1v) is 23.8. The number of hydrogen-bond acceptors (Lipinski definition) is 2. The average molecular weight is 865 g/mol. The highest BCUT2D eigenvalue weighted by Gasteiger charge is 2.32. The molecule has 0 aliphatic heterocycles. The molecule has 1 aliphatic rings. The van der Waals surface area contributed by atoms with Crippen molar-refractivity contribution in [2.75, 3.05) is 0 Å². The lowest BCUT2D eigenvalue weighted by molar-refractivity contribution is 0.590. The summed E-state index contributed by atoms with van der Waals surface area (Å²) in [5, 5.41) is 5.13. The number of rotatable bonds is 6. The molecular formula is C62H64N4. The van der Waals surface area contributed by atoms with E-state index >= 15 is 0 Å². The molecule has 6 aromatic carbocycles. The SMILES string of the molecule is CC(C)(C)c1ccc2c(c1)c1cc(C(C)(C)C)ccc1n2C1=CC(c2cc(-c3ccccc3)nc(Cc3ccccc3)n2)=CC1n1c2ccc(C(C)(C)C)cc2c2cc(C(C)(C)C)ccc21. The highest BCUT2D eigenvalue weighted by Crippen LogP contribution is 2.47. The second kappa shape index (κ2) is 15.5. The van der Waals surface area contributed by atoms with Crippen LogP contribution in [0.3, 0.4) is 0 Å². The van der Waals surface area contributed by atoms with Crippen LogP contribution < -0.4 is 0 Å². The van der Waals surface area contributed by atoms with Crippen molar-refractivity contribution < 1.29 is 0 Å². The zero-order valence-corrected chi connectivity index (χ0v) is 41.0. The van der Waals surface area contributed by atoms with Gasteiger partial charge in [0.2, 0.25) is 0 Å². The Morgan fingerprint density at radius 2 is 0.848 bits per heavy atom. The van der Waals surface area contributed by atoms with Crippen molar-refractivity contribution in [3.63, 3.8) is 0 Å². The van der Waals surface area contributed by atoms with Gasteiger partial charge in [0.15, 0.2) is 0 Å². The number of allylic oxidation sites excluding steroid dienone is 4. The lowest BCUT2D eigenvalue weighted by Crippen LogP contribution is -2.13. The molecule has 0 saturated carbocycles. The van der Waals surface area contributed by atoms with Gasteiger partial charge in [-0.05, 0) is 116 Å². The Kier molecular flexibility index (Phi) is 10.2. The van der Waals surface area contributed by atoms with Crippen LogP contribution in [-0.2, 0) is 28.1 Å². The van der Waals surface area contributed by atoms with Gasteiger partial charge in [-0.1, -0.05) is 168 Å². The van der Waals surface area contributed by atoms with Crippen molar-refractivity contribution in [2.45, 2.75) is 117 Å². The van der Waals surface area contributed by atoms with E-state index in [1.165, 1.54) is 77.1 Å². The molecule has 1 unspecified atom stereocenters. The first-order valence-electron chi connectivity index (χ1n) is 23.8. The molecule has 1 atom stereocenters. The lowest BCUT2D eigenvalue weighted by atomic mass is 9.85. The van der Waals surface area contributed by atoms with E-state index in [2.05, 4.69) is 244 Å². The van der Waals surface area contributed by atoms with E-state index in [0.717, 1.165) is 28.3 Å². The van der Waals surface area contributed by atoms with Gasteiger partial charge < -0.3 is 9.13 Å². The molecule has 3 heterocycles. The van der Waals surface area contributed by atoms with Crippen LogP contribution >= 0.6 is 0 Å². The summed E-state index contributed by atoms with van der Waals surface area (Å²) in [4.78, 5) is 10.6. The maximum absolute atomic E-state index is 5.43. The van der Waals surface area contributed by atoms with Gasteiger partial charge in [-0.15, -0.1) is 0 Å². The molecule has 332 valence electrons. The molecule has 0 N–H and O–H groups in total. The van der Waals surface area contributed by atoms with Crippen LogP contribution in [0.2, 0.25) is 0 Å². The van der Waals surface area contributed by atoms with Crippen molar-refractivity contribution in [3.8, 4) is 11.3 Å². The highest BCUT2D eigenvalue weighted by atomic mass is 15.1. The van der Waals surface area contributed by atoms with Gasteiger partial charge in [0.1, 0.15) is 5.82 Å². The largest absolute Gasteiger partial charge is 0.328 e. The summed E-state index contributed by atoms with van der Waals surface area (Å²) in [5.41, 5.74) is 16.6. The fourth-order valence-electron chi connectivity index (χ4n) is 9.89. The minimum Gasteiger partial charge on any atom is -0.328 e. The van der Waals surface area contributed by atoms with Crippen LogP contribution in [0.4, 0.5) is 0 Å². The quantitative estimate of drug-likeness (QED) is 0.167. The van der Waals surface area contributed by atoms with E-state index in [1.807, 2.05) is 0 Å². The average Bonchev–Trinajstić information content (AvgIpc) is 3.94. The molecule has 4 nitrogen and oxygen atoms in total. The molecule has 9 aromatic rings. The van der Waals surface area contributed by atoms with Gasteiger partial charge >= 0.3 is 0 Å². The van der Waals surface area contributed by atoms with Crippen molar-refractivity contribution >= 4 is 54.9 Å². The summed E-state index contributed by atoms with van der Waals surface area (Å²) in [7, 11) is 0. The maximum atomic E-state index is 5.43. The molecule has 0 fully saturated rings. The van der Waals surface area contributed by atoms with E-state index in [0.29, 0.717) is 6.42 Å². The Hall–Kier alpha value is -6.52. The molecule has 66 heavy (non-hydrogen) atoms. The fourth-order valence-corrected chi connectivity index (χ4v) is 9.89. The first-order chi connectivity index (χ1) is 31.2. The molecule has 1 aliphatic carbocycles. The van der Waals surface area contributed by atoms with Crippen molar-refractivity contribution in [1.29, 1.82) is 0 Å². The smallest absolute Gasteiger partial charge is 0.134 e. The van der Waals surface area contributed by atoms with E-state index in [-0.39, 0.29) is 27.7 Å². The first kappa shape index (κ1) is 43.4. The predicted octanol–water partition coefficient (Wildman–Crippen LogP) is 16.3. The topological polar surface area (TPSA) is 35.6 Å². The number of aromatic nitrogens is 4. The molecule has 0 spiro atoms. The van der Waals surface area contributed by atoms with Gasteiger partial charge in [0.25, 0.3) is 0 Å². The number of hydrogen-bond donors (Lipinski definition) is 0. The van der Waals surface area contributed by atoms with Crippen molar-refractivity contribution in [3.05, 3.63) is 191 Å². The van der Waals surface area contributed by atoms with Gasteiger partial charge in [0.05, 0.1) is 45.2 Å². The Balaban J connectivity index is 1.29. The number of nitrogens with zero attached hydrogens (tertiary/aromatic N) is 4. The molecule has 0 saturated heterocycles. The standard InChI is InChI=1S/C62H64N4/c1-59(2,3)42-23-27-52-46(34-42)47-35-43(60(4,5)6)24-28-53(47)65(52)56-32-41(51-38-50(40-21-17-14-18-22-40)63-58(64-51)31-39-19-15-13-16-20-39)33-57(56)66-54-29-25-44(61(7,8)9)36-48(54)49-37-45(62(10,11)12)26-30-55(49)66/h13-30,32-38,56H,31H2,1-12H3. The van der Waals surface area contributed by atoms with Crippen molar-refractivity contribution in [2.24, 2.45) is 0 Å². The third-order valence-corrected chi connectivity index (χ3v) is 13.9. The molecule has 3 aromatic heterocycles. The molecular weight excluding hydrogens is 801 g/mol. The minimum atomic E-state index is -0.169. The van der Waals surface area contributed by atoms with Gasteiger partial charge in [0, 0.05) is 39.1 Å². The molecule has 4 heteroatoms. The Morgan fingerprint density at radius 3 is 1.30 bits per heavy atom. The fraction of sp³-hybridized carbons (Fsp3) is 0.290. The van der Waals surface area contributed by atoms with Crippen LogP contribution in [-0.4, -0.2) is 19.1 Å². The third kappa shape index (κ3) is 7.78. The Morgan fingerprint density at radius 1 is 0.439 bits per heavy atom. The van der Waals surface area contributed by atoms with Crippen LogP contribution in [0.25, 0.3) is 66.1 Å². The van der Waals surface area contributed by atoms with Crippen LogP contribution in [0.5, 0.6) is 0 Å².